The number of esters is 1. The topological polar surface area (TPSA) is 90.7 Å². The summed E-state index contributed by atoms with van der Waals surface area (Å²) < 4.78 is 5.38. The minimum atomic E-state index is -0.523. The van der Waals surface area contributed by atoms with Gasteiger partial charge in [-0.05, 0) is 85.8 Å². The van der Waals surface area contributed by atoms with E-state index in [2.05, 4.69) is 4.99 Å². The van der Waals surface area contributed by atoms with E-state index in [0.717, 1.165) is 26.8 Å². The third-order valence-electron chi connectivity index (χ3n) is 2.65. The van der Waals surface area contributed by atoms with Gasteiger partial charge in [0.25, 0.3) is 0 Å². The summed E-state index contributed by atoms with van der Waals surface area (Å²) in [6.45, 7) is 0. The number of hydrogen-bond donors (Lipinski definition) is 2. The highest BCUT2D eigenvalue weighted by Crippen LogP contribution is 2.36. The van der Waals surface area contributed by atoms with Gasteiger partial charge < -0.3 is 16.2 Å². The maximum Gasteiger partial charge on any atom is 0.343 e. The van der Waals surface area contributed by atoms with Crippen LogP contribution in [0.2, 0.25) is 0 Å². The van der Waals surface area contributed by atoms with E-state index in [1.54, 1.807) is 42.5 Å². The Morgan fingerprint density at radius 3 is 2.30 bits per heavy atom. The number of carbonyl (C=O) groups is 1. The Labute approximate surface area is 150 Å². The van der Waals surface area contributed by atoms with E-state index in [0.29, 0.717) is 21.9 Å². The van der Waals surface area contributed by atoms with Crippen LogP contribution in [0.4, 0.5) is 5.69 Å². The van der Waals surface area contributed by atoms with E-state index in [1.807, 2.05) is 0 Å². The first kappa shape index (κ1) is 17.8. The van der Waals surface area contributed by atoms with Gasteiger partial charge in [0, 0.05) is 4.90 Å². The molecule has 0 saturated carbocycles. The van der Waals surface area contributed by atoms with Crippen molar-refractivity contribution in [1.82, 2.24) is 0 Å². The van der Waals surface area contributed by atoms with Crippen LogP contribution in [0.15, 0.2) is 57.2 Å². The predicted octanol–water partition coefficient (Wildman–Crippen LogP) is 4.30. The second kappa shape index (κ2) is 8.35. The van der Waals surface area contributed by atoms with Crippen LogP contribution in [-0.4, -0.2) is 11.9 Å². The van der Waals surface area contributed by atoms with Crippen molar-refractivity contribution >= 4 is 60.9 Å². The first-order chi connectivity index (χ1) is 11.0. The highest BCUT2D eigenvalue weighted by atomic mass is 35.7. The fourth-order valence-corrected chi connectivity index (χ4v) is 2.90. The van der Waals surface area contributed by atoms with Crippen molar-refractivity contribution in [3.05, 3.63) is 48.0 Å². The van der Waals surface area contributed by atoms with Crippen molar-refractivity contribution in [1.29, 1.82) is 0 Å². The zero-order valence-electron chi connectivity index (χ0n) is 11.5. The van der Waals surface area contributed by atoms with Crippen LogP contribution in [0.5, 0.6) is 5.75 Å². The number of nitrogens with zero attached hydrogens (tertiary/aromatic N) is 1. The minimum absolute atomic E-state index is 0.0560. The Kier molecular flexibility index (Phi) is 6.47. The predicted molar refractivity (Wildman–Crippen MR) is 96.7 cm³/mol. The molecule has 4 N–H and O–H groups in total. The number of rotatable bonds is 5. The fraction of sp³-hybridized carbons (Fsp3) is 0. The smallest absolute Gasteiger partial charge is 0.343 e. The Bertz CT molecular complexity index is 735. The molecule has 0 aliphatic carbocycles. The van der Waals surface area contributed by atoms with Gasteiger partial charge in [-0.3, -0.25) is 0 Å². The van der Waals surface area contributed by atoms with Crippen LogP contribution >= 0.6 is 43.3 Å². The molecule has 0 heterocycles. The lowest BCUT2D eigenvalue weighted by atomic mass is 10.2. The molecule has 0 aliphatic heterocycles. The average Bonchev–Trinajstić information content (AvgIpc) is 2.54. The van der Waals surface area contributed by atoms with Crippen molar-refractivity contribution < 1.29 is 9.53 Å². The van der Waals surface area contributed by atoms with E-state index in [1.165, 1.54) is 0 Å². The SMILES string of the molecule is NC(N)=Nc1ccc(C(=O)Oc2cc(SCl)ccc2SCl)cc1. The van der Waals surface area contributed by atoms with Crippen LogP contribution in [-0.2, 0) is 0 Å². The Morgan fingerprint density at radius 1 is 1.04 bits per heavy atom. The highest BCUT2D eigenvalue weighted by molar-refractivity contribution is 8.21. The third-order valence-corrected chi connectivity index (χ3v) is 4.62. The number of halogens is 2. The highest BCUT2D eigenvalue weighted by Gasteiger charge is 2.13. The van der Waals surface area contributed by atoms with Gasteiger partial charge in [0.15, 0.2) is 5.96 Å². The molecule has 2 aromatic rings. The molecule has 0 unspecified atom stereocenters. The van der Waals surface area contributed by atoms with Crippen molar-refractivity contribution in [2.75, 3.05) is 0 Å². The molecular weight excluding hydrogens is 377 g/mol. The Balaban J connectivity index is 2.20. The largest absolute Gasteiger partial charge is 0.422 e. The maximum atomic E-state index is 12.2. The number of guanidine groups is 1. The number of carbonyl (C=O) groups excluding carboxylic acids is 1. The monoisotopic (exact) mass is 387 g/mol. The molecule has 5 nitrogen and oxygen atoms in total. The van der Waals surface area contributed by atoms with Crippen molar-refractivity contribution in [3.8, 4) is 5.75 Å². The Morgan fingerprint density at radius 2 is 1.74 bits per heavy atom. The molecule has 2 aromatic carbocycles. The van der Waals surface area contributed by atoms with Gasteiger partial charge in [-0.25, -0.2) is 9.79 Å². The van der Waals surface area contributed by atoms with Crippen molar-refractivity contribution in [2.24, 2.45) is 16.5 Å². The molecule has 0 fully saturated rings. The molecule has 120 valence electrons. The standard InChI is InChI=1S/C14H11Cl2N3O2S2/c15-22-10-5-6-12(23-16)11(7-10)21-13(20)8-1-3-9(4-2-8)19-14(17)18/h1-7H,(H4,17,18,19). The van der Waals surface area contributed by atoms with Gasteiger partial charge in [-0.15, -0.1) is 0 Å². The summed E-state index contributed by atoms with van der Waals surface area (Å²) in [5, 5.41) is 0. The first-order valence-electron chi connectivity index (χ1n) is 6.16. The van der Waals surface area contributed by atoms with Gasteiger partial charge in [-0.2, -0.15) is 0 Å². The van der Waals surface area contributed by atoms with Crippen LogP contribution < -0.4 is 16.2 Å². The van der Waals surface area contributed by atoms with Gasteiger partial charge in [0.05, 0.1) is 16.1 Å². The van der Waals surface area contributed by atoms with Crippen molar-refractivity contribution in [2.45, 2.75) is 9.79 Å². The van der Waals surface area contributed by atoms with Crippen molar-refractivity contribution in [3.63, 3.8) is 0 Å². The van der Waals surface area contributed by atoms with Gasteiger partial charge in [0.2, 0.25) is 0 Å². The molecule has 2 rings (SSSR count). The third kappa shape index (κ3) is 4.97. The van der Waals surface area contributed by atoms with Gasteiger partial charge in [-0.1, -0.05) is 0 Å². The maximum absolute atomic E-state index is 12.2. The van der Waals surface area contributed by atoms with Crippen LogP contribution in [0.1, 0.15) is 10.4 Å². The summed E-state index contributed by atoms with van der Waals surface area (Å²) >= 11 is 0. The van der Waals surface area contributed by atoms with Crippen LogP contribution in [0.25, 0.3) is 0 Å². The van der Waals surface area contributed by atoms with Gasteiger partial charge in [0.1, 0.15) is 5.75 Å². The second-order valence-electron chi connectivity index (χ2n) is 4.24. The fourth-order valence-electron chi connectivity index (χ4n) is 1.66. The number of nitrogens with two attached hydrogens (primary N) is 2. The molecule has 0 radical (unpaired) electrons. The lowest BCUT2D eigenvalue weighted by molar-refractivity contribution is 0.0730. The summed E-state index contributed by atoms with van der Waals surface area (Å²) in [6, 6.07) is 11.5. The van der Waals surface area contributed by atoms with E-state index >= 15 is 0 Å². The summed E-state index contributed by atoms with van der Waals surface area (Å²) in [7, 11) is 13.5. The molecule has 0 aromatic heterocycles. The quantitative estimate of drug-likeness (QED) is 0.343. The summed E-state index contributed by atoms with van der Waals surface area (Å²) in [4.78, 5) is 17.5. The molecule has 0 amide bonds. The molecule has 0 spiro atoms. The molecule has 0 atom stereocenters. The minimum Gasteiger partial charge on any atom is -0.422 e. The number of benzene rings is 2. The molecular formula is C14H11Cl2N3O2S2. The molecule has 0 saturated heterocycles. The van der Waals surface area contributed by atoms with E-state index in [9.17, 15) is 4.79 Å². The zero-order chi connectivity index (χ0) is 16.8. The number of hydrogen-bond acceptors (Lipinski definition) is 5. The van der Waals surface area contributed by atoms with E-state index < -0.39 is 5.97 Å². The lowest BCUT2D eigenvalue weighted by Gasteiger charge is -2.09. The van der Waals surface area contributed by atoms with Crippen LogP contribution in [0.3, 0.4) is 0 Å². The second-order valence-corrected chi connectivity index (χ2v) is 6.38. The zero-order valence-corrected chi connectivity index (χ0v) is 14.7. The first-order valence-corrected chi connectivity index (χ1v) is 9.45. The summed E-state index contributed by atoms with van der Waals surface area (Å²) in [5.41, 5.74) is 11.5. The van der Waals surface area contributed by atoms with E-state index in [-0.39, 0.29) is 5.96 Å². The molecule has 23 heavy (non-hydrogen) atoms. The summed E-state index contributed by atoms with van der Waals surface area (Å²) in [6.07, 6.45) is 0. The molecule has 0 bridgehead atoms. The number of aliphatic imine (C=N–C) groups is 1. The van der Waals surface area contributed by atoms with E-state index in [4.69, 9.17) is 37.6 Å². The normalized spacial score (nSPS) is 10.2. The lowest BCUT2D eigenvalue weighted by Crippen LogP contribution is -2.21. The Hall–Kier alpha value is -1.54. The van der Waals surface area contributed by atoms with Crippen LogP contribution in [0, 0.1) is 0 Å². The van der Waals surface area contributed by atoms with Gasteiger partial charge >= 0.3 is 5.97 Å². The average molecular weight is 388 g/mol. The number of ether oxygens (including phenoxy) is 1. The summed E-state index contributed by atoms with van der Waals surface area (Å²) in [5.74, 6) is -0.238. The molecule has 9 heteroatoms. The molecule has 0 aliphatic rings.